The van der Waals surface area contributed by atoms with Crippen LogP contribution in [-0.2, 0) is 4.79 Å². The number of aliphatic hydroxyl groups excluding tert-OH is 1. The van der Waals surface area contributed by atoms with E-state index in [1.807, 2.05) is 25.1 Å². The zero-order valence-electron chi connectivity index (χ0n) is 12.5. The fourth-order valence-electron chi connectivity index (χ4n) is 2.59. The summed E-state index contributed by atoms with van der Waals surface area (Å²) >= 11 is 0. The van der Waals surface area contributed by atoms with Crippen molar-refractivity contribution in [1.29, 1.82) is 0 Å². The molecule has 5 heteroatoms. The van der Waals surface area contributed by atoms with Crippen molar-refractivity contribution in [2.75, 3.05) is 26.4 Å². The van der Waals surface area contributed by atoms with Crippen LogP contribution in [0.1, 0.15) is 26.2 Å². The van der Waals surface area contributed by atoms with Gasteiger partial charge in [0.25, 0.3) is 5.91 Å². The quantitative estimate of drug-likeness (QED) is 0.869. The van der Waals surface area contributed by atoms with E-state index in [-0.39, 0.29) is 25.2 Å². The van der Waals surface area contributed by atoms with E-state index < -0.39 is 0 Å². The van der Waals surface area contributed by atoms with Crippen LogP contribution in [0.25, 0.3) is 0 Å². The predicted molar refractivity (Wildman–Crippen MR) is 79.5 cm³/mol. The normalized spacial score (nSPS) is 18.4. The number of piperidine rings is 1. The van der Waals surface area contributed by atoms with E-state index in [1.54, 1.807) is 11.0 Å². The van der Waals surface area contributed by atoms with Gasteiger partial charge in [0, 0.05) is 6.54 Å². The molecule has 116 valence electrons. The average Bonchev–Trinajstić information content (AvgIpc) is 2.54. The molecule has 0 aliphatic carbocycles. The van der Waals surface area contributed by atoms with Gasteiger partial charge in [0.2, 0.25) is 0 Å². The monoisotopic (exact) mass is 293 g/mol. The Balaban J connectivity index is 1.94. The van der Waals surface area contributed by atoms with Gasteiger partial charge in [-0.3, -0.25) is 4.79 Å². The summed E-state index contributed by atoms with van der Waals surface area (Å²) in [5, 5.41) is 9.35. The van der Waals surface area contributed by atoms with Crippen molar-refractivity contribution in [3.8, 4) is 11.5 Å². The molecule has 2 rings (SSSR count). The van der Waals surface area contributed by atoms with Crippen LogP contribution in [0.2, 0.25) is 0 Å². The van der Waals surface area contributed by atoms with E-state index in [0.717, 1.165) is 19.3 Å². The van der Waals surface area contributed by atoms with Crippen LogP contribution in [-0.4, -0.2) is 48.3 Å². The van der Waals surface area contributed by atoms with Gasteiger partial charge in [-0.25, -0.2) is 0 Å². The number of hydrogen-bond donors (Lipinski definition) is 1. The molecule has 0 saturated carbocycles. The topological polar surface area (TPSA) is 59.0 Å². The first-order valence-corrected chi connectivity index (χ1v) is 7.51. The smallest absolute Gasteiger partial charge is 0.260 e. The van der Waals surface area contributed by atoms with Gasteiger partial charge in [0.1, 0.15) is 0 Å². The Morgan fingerprint density at radius 1 is 1.29 bits per heavy atom. The average molecular weight is 293 g/mol. The lowest BCUT2D eigenvalue weighted by atomic mass is 10.0. The third kappa shape index (κ3) is 4.11. The van der Waals surface area contributed by atoms with E-state index in [2.05, 4.69) is 0 Å². The lowest BCUT2D eigenvalue weighted by molar-refractivity contribution is -0.138. The molecule has 21 heavy (non-hydrogen) atoms. The fraction of sp³-hybridized carbons (Fsp3) is 0.562. The summed E-state index contributed by atoms with van der Waals surface area (Å²) in [6.07, 6.45) is 2.90. The Bertz CT molecular complexity index is 463. The molecule has 1 aliphatic rings. The molecule has 0 spiro atoms. The number of carbonyl (C=O) groups excluding carboxylic acids is 1. The SMILES string of the molecule is CCOc1ccccc1OCC(=O)N1CCCCC1CO. The summed E-state index contributed by atoms with van der Waals surface area (Å²) in [5.74, 6) is 1.13. The van der Waals surface area contributed by atoms with Crippen molar-refractivity contribution in [1.82, 2.24) is 4.90 Å². The van der Waals surface area contributed by atoms with E-state index in [0.29, 0.717) is 24.7 Å². The van der Waals surface area contributed by atoms with Gasteiger partial charge in [-0.2, -0.15) is 0 Å². The molecule has 1 aromatic carbocycles. The second kappa shape index (κ2) is 7.88. The summed E-state index contributed by atoms with van der Waals surface area (Å²) in [6, 6.07) is 7.25. The minimum absolute atomic E-state index is 0.0152. The summed E-state index contributed by atoms with van der Waals surface area (Å²) in [7, 11) is 0. The van der Waals surface area contributed by atoms with Gasteiger partial charge in [-0.05, 0) is 38.3 Å². The zero-order chi connectivity index (χ0) is 15.1. The Labute approximate surface area is 125 Å². The van der Waals surface area contributed by atoms with Gasteiger partial charge in [0.05, 0.1) is 19.3 Å². The summed E-state index contributed by atoms with van der Waals surface area (Å²) in [6.45, 7) is 3.14. The van der Waals surface area contributed by atoms with Gasteiger partial charge < -0.3 is 19.5 Å². The number of rotatable bonds is 6. The molecule has 1 N–H and O–H groups in total. The van der Waals surface area contributed by atoms with Gasteiger partial charge in [-0.1, -0.05) is 12.1 Å². The first kappa shape index (κ1) is 15.6. The van der Waals surface area contributed by atoms with Crippen molar-refractivity contribution >= 4 is 5.91 Å². The maximum atomic E-state index is 12.3. The first-order chi connectivity index (χ1) is 10.3. The predicted octanol–water partition coefficient (Wildman–Crippen LogP) is 1.84. The molecule has 1 atom stereocenters. The van der Waals surface area contributed by atoms with Crippen molar-refractivity contribution in [3.63, 3.8) is 0 Å². The number of aliphatic hydroxyl groups is 1. The van der Waals surface area contributed by atoms with E-state index in [4.69, 9.17) is 9.47 Å². The number of ether oxygens (including phenoxy) is 2. The van der Waals surface area contributed by atoms with E-state index in [1.165, 1.54) is 0 Å². The molecular weight excluding hydrogens is 270 g/mol. The Morgan fingerprint density at radius 2 is 2.00 bits per heavy atom. The van der Waals surface area contributed by atoms with Crippen LogP contribution in [0.5, 0.6) is 11.5 Å². The molecule has 1 fully saturated rings. The highest BCUT2D eigenvalue weighted by Crippen LogP contribution is 2.26. The standard InChI is InChI=1S/C16H23NO4/c1-2-20-14-8-3-4-9-15(14)21-12-16(19)17-10-6-5-7-13(17)11-18/h3-4,8-9,13,18H,2,5-7,10-12H2,1H3. The maximum Gasteiger partial charge on any atom is 0.260 e. The third-order valence-electron chi connectivity index (χ3n) is 3.66. The first-order valence-electron chi connectivity index (χ1n) is 7.51. The highest BCUT2D eigenvalue weighted by molar-refractivity contribution is 5.78. The molecule has 0 radical (unpaired) electrons. The molecule has 1 aromatic rings. The van der Waals surface area contributed by atoms with Crippen molar-refractivity contribution < 1.29 is 19.4 Å². The third-order valence-corrected chi connectivity index (χ3v) is 3.66. The number of amides is 1. The molecule has 1 unspecified atom stereocenters. The van der Waals surface area contributed by atoms with Crippen molar-refractivity contribution in [2.45, 2.75) is 32.2 Å². The number of carbonyl (C=O) groups is 1. The molecular formula is C16H23NO4. The Kier molecular flexibility index (Phi) is 5.87. The molecule has 5 nitrogen and oxygen atoms in total. The molecule has 1 aliphatic heterocycles. The van der Waals surface area contributed by atoms with Crippen LogP contribution < -0.4 is 9.47 Å². The van der Waals surface area contributed by atoms with Crippen molar-refractivity contribution in [2.24, 2.45) is 0 Å². The van der Waals surface area contributed by atoms with Gasteiger partial charge in [0.15, 0.2) is 18.1 Å². The van der Waals surface area contributed by atoms with Crippen LogP contribution >= 0.6 is 0 Å². The van der Waals surface area contributed by atoms with Gasteiger partial charge >= 0.3 is 0 Å². The molecule has 0 bridgehead atoms. The minimum Gasteiger partial charge on any atom is -0.490 e. The number of hydrogen-bond acceptors (Lipinski definition) is 4. The number of para-hydroxylation sites is 2. The largest absolute Gasteiger partial charge is 0.490 e. The van der Waals surface area contributed by atoms with E-state index >= 15 is 0 Å². The molecule has 1 amide bonds. The minimum atomic E-state index is -0.0833. The second-order valence-electron chi connectivity index (χ2n) is 5.09. The van der Waals surface area contributed by atoms with Gasteiger partial charge in [-0.15, -0.1) is 0 Å². The van der Waals surface area contributed by atoms with Crippen LogP contribution in [0.4, 0.5) is 0 Å². The lowest BCUT2D eigenvalue weighted by Gasteiger charge is -2.34. The maximum absolute atomic E-state index is 12.3. The fourth-order valence-corrected chi connectivity index (χ4v) is 2.59. The summed E-state index contributed by atoms with van der Waals surface area (Å²) in [4.78, 5) is 14.0. The van der Waals surface area contributed by atoms with Crippen LogP contribution in [0, 0.1) is 0 Å². The highest BCUT2D eigenvalue weighted by Gasteiger charge is 2.26. The zero-order valence-corrected chi connectivity index (χ0v) is 12.5. The molecule has 1 saturated heterocycles. The van der Waals surface area contributed by atoms with Crippen LogP contribution in [0.3, 0.4) is 0 Å². The second-order valence-corrected chi connectivity index (χ2v) is 5.09. The number of nitrogens with zero attached hydrogens (tertiary/aromatic N) is 1. The van der Waals surface area contributed by atoms with Crippen molar-refractivity contribution in [3.05, 3.63) is 24.3 Å². The molecule has 1 heterocycles. The Hall–Kier alpha value is -1.75. The summed E-state index contributed by atoms with van der Waals surface area (Å²) < 4.78 is 11.1. The van der Waals surface area contributed by atoms with E-state index in [9.17, 15) is 9.90 Å². The number of likely N-dealkylation sites (tertiary alicyclic amines) is 1. The number of benzene rings is 1. The Morgan fingerprint density at radius 3 is 2.67 bits per heavy atom. The summed E-state index contributed by atoms with van der Waals surface area (Å²) in [5.41, 5.74) is 0. The molecule has 0 aromatic heterocycles. The lowest BCUT2D eigenvalue weighted by Crippen LogP contribution is -2.47. The highest BCUT2D eigenvalue weighted by atomic mass is 16.5. The van der Waals surface area contributed by atoms with Crippen LogP contribution in [0.15, 0.2) is 24.3 Å².